The number of fused-ring (bicyclic) bond motifs is 1. The minimum atomic E-state index is -0.390. The van der Waals surface area contributed by atoms with Crippen LogP contribution in [0.1, 0.15) is 18.9 Å². The van der Waals surface area contributed by atoms with Crippen LogP contribution in [0, 0.1) is 0 Å². The molecule has 1 unspecified atom stereocenters. The molecule has 3 nitrogen and oxygen atoms in total. The van der Waals surface area contributed by atoms with Crippen LogP contribution < -0.4 is 5.73 Å². The van der Waals surface area contributed by atoms with E-state index in [4.69, 9.17) is 10.5 Å². The molecule has 0 saturated carbocycles. The number of ether oxygens (including phenoxy) is 1. The van der Waals surface area contributed by atoms with Crippen LogP contribution in [0.2, 0.25) is 0 Å². The highest BCUT2D eigenvalue weighted by atomic mass is 16.5. The zero-order valence-electron chi connectivity index (χ0n) is 10.3. The van der Waals surface area contributed by atoms with Crippen LogP contribution in [-0.4, -0.2) is 18.7 Å². The summed E-state index contributed by atoms with van der Waals surface area (Å²) in [5, 5.41) is 2.29. The maximum Gasteiger partial charge on any atom is 0.0483 e. The first-order chi connectivity index (χ1) is 8.15. The van der Waals surface area contributed by atoms with Crippen molar-refractivity contribution in [1.82, 2.24) is 4.98 Å². The molecule has 0 amide bonds. The molecule has 1 aromatic heterocycles. The first kappa shape index (κ1) is 12.0. The maximum atomic E-state index is 6.38. The molecular weight excluding hydrogens is 212 g/mol. The molecule has 17 heavy (non-hydrogen) atoms. The second-order valence-corrected chi connectivity index (χ2v) is 4.56. The molecule has 0 bridgehead atoms. The number of hydrogen-bond donors (Lipinski definition) is 1. The zero-order chi connectivity index (χ0) is 12.3. The van der Waals surface area contributed by atoms with E-state index in [1.54, 1.807) is 13.3 Å². The van der Waals surface area contributed by atoms with Crippen LogP contribution in [0.3, 0.4) is 0 Å². The lowest BCUT2D eigenvalue weighted by Gasteiger charge is -2.26. The maximum absolute atomic E-state index is 6.38. The van der Waals surface area contributed by atoms with Crippen molar-refractivity contribution >= 4 is 10.8 Å². The molecule has 1 atom stereocenters. The van der Waals surface area contributed by atoms with Gasteiger partial charge in [0.2, 0.25) is 0 Å². The van der Waals surface area contributed by atoms with Gasteiger partial charge < -0.3 is 10.5 Å². The first-order valence-corrected chi connectivity index (χ1v) is 5.76. The van der Waals surface area contributed by atoms with E-state index < -0.39 is 5.54 Å². The van der Waals surface area contributed by atoms with Gasteiger partial charge in [0.1, 0.15) is 0 Å². The summed E-state index contributed by atoms with van der Waals surface area (Å²) < 4.78 is 5.12. The lowest BCUT2D eigenvalue weighted by Crippen LogP contribution is -2.34. The average Bonchev–Trinajstić information content (AvgIpc) is 2.36. The van der Waals surface area contributed by atoms with Gasteiger partial charge in [0.25, 0.3) is 0 Å². The van der Waals surface area contributed by atoms with Crippen molar-refractivity contribution in [2.24, 2.45) is 5.73 Å². The topological polar surface area (TPSA) is 48.1 Å². The number of aromatic nitrogens is 1. The lowest BCUT2D eigenvalue weighted by atomic mass is 9.87. The van der Waals surface area contributed by atoms with Crippen molar-refractivity contribution in [3.8, 4) is 0 Å². The Kier molecular flexibility index (Phi) is 3.41. The average molecular weight is 230 g/mol. The lowest BCUT2D eigenvalue weighted by molar-refractivity contribution is 0.172. The summed E-state index contributed by atoms with van der Waals surface area (Å²) in [6.07, 6.45) is 4.47. The molecule has 0 spiro atoms. The fraction of sp³-hybridized carbons (Fsp3) is 0.357. The van der Waals surface area contributed by atoms with Gasteiger partial charge >= 0.3 is 0 Å². The predicted octanol–water partition coefficient (Wildman–Crippen LogP) is 2.45. The minimum absolute atomic E-state index is 0.390. The third-order valence-electron chi connectivity index (χ3n) is 3.12. The van der Waals surface area contributed by atoms with Crippen LogP contribution in [0.25, 0.3) is 10.8 Å². The molecule has 1 heterocycles. The summed E-state index contributed by atoms with van der Waals surface area (Å²) in [5.74, 6) is 0. The third kappa shape index (κ3) is 2.46. The van der Waals surface area contributed by atoms with Crippen LogP contribution in [-0.2, 0) is 10.3 Å². The van der Waals surface area contributed by atoms with Crippen molar-refractivity contribution in [2.75, 3.05) is 13.7 Å². The van der Waals surface area contributed by atoms with E-state index in [-0.39, 0.29) is 0 Å². The van der Waals surface area contributed by atoms with Crippen molar-refractivity contribution in [2.45, 2.75) is 18.9 Å². The Balaban J connectivity index is 2.47. The highest BCUT2D eigenvalue weighted by Crippen LogP contribution is 2.28. The predicted molar refractivity (Wildman–Crippen MR) is 69.8 cm³/mol. The van der Waals surface area contributed by atoms with E-state index in [1.807, 2.05) is 25.3 Å². The molecule has 0 aliphatic rings. The number of nitrogens with two attached hydrogens (primary N) is 1. The van der Waals surface area contributed by atoms with Gasteiger partial charge in [0, 0.05) is 37.0 Å². The number of nitrogens with zero attached hydrogens (tertiary/aromatic N) is 1. The molecule has 2 rings (SSSR count). The fourth-order valence-corrected chi connectivity index (χ4v) is 2.06. The van der Waals surface area contributed by atoms with E-state index in [0.717, 1.165) is 17.4 Å². The van der Waals surface area contributed by atoms with Crippen LogP contribution >= 0.6 is 0 Å². The summed E-state index contributed by atoms with van der Waals surface area (Å²) in [6, 6.07) is 8.19. The van der Waals surface area contributed by atoms with Crippen LogP contribution in [0.4, 0.5) is 0 Å². The summed E-state index contributed by atoms with van der Waals surface area (Å²) in [4.78, 5) is 4.18. The highest BCUT2D eigenvalue weighted by molar-refractivity contribution is 5.85. The Morgan fingerprint density at radius 3 is 2.94 bits per heavy atom. The minimum Gasteiger partial charge on any atom is -0.385 e. The molecule has 0 aliphatic heterocycles. The normalized spacial score (nSPS) is 14.8. The monoisotopic (exact) mass is 230 g/mol. The third-order valence-corrected chi connectivity index (χ3v) is 3.12. The van der Waals surface area contributed by atoms with Crippen molar-refractivity contribution in [1.29, 1.82) is 0 Å². The van der Waals surface area contributed by atoms with E-state index in [1.165, 1.54) is 5.39 Å². The van der Waals surface area contributed by atoms with E-state index >= 15 is 0 Å². The van der Waals surface area contributed by atoms with Crippen molar-refractivity contribution in [3.05, 3.63) is 42.2 Å². The molecule has 3 heteroatoms. The second-order valence-electron chi connectivity index (χ2n) is 4.56. The van der Waals surface area contributed by atoms with Gasteiger partial charge in [-0.2, -0.15) is 0 Å². The smallest absolute Gasteiger partial charge is 0.0483 e. The molecule has 0 fully saturated rings. The number of rotatable bonds is 4. The number of benzene rings is 1. The molecule has 0 radical (unpaired) electrons. The van der Waals surface area contributed by atoms with E-state index in [2.05, 4.69) is 17.1 Å². The van der Waals surface area contributed by atoms with Gasteiger partial charge in [0.05, 0.1) is 0 Å². The van der Waals surface area contributed by atoms with E-state index in [9.17, 15) is 0 Å². The number of hydrogen-bond acceptors (Lipinski definition) is 3. The quantitative estimate of drug-likeness (QED) is 0.877. The Bertz CT molecular complexity index is 503. The zero-order valence-corrected chi connectivity index (χ0v) is 10.3. The largest absolute Gasteiger partial charge is 0.385 e. The summed E-state index contributed by atoms with van der Waals surface area (Å²) in [5.41, 5.74) is 7.12. The van der Waals surface area contributed by atoms with Crippen molar-refractivity contribution in [3.63, 3.8) is 0 Å². The van der Waals surface area contributed by atoms with Gasteiger partial charge in [-0.05, 0) is 30.4 Å². The standard InChI is InChI=1S/C14H18N2O/c1-14(15,7-9-17-2)13-5-3-4-11-6-8-16-10-12(11)13/h3-6,8,10H,7,9,15H2,1-2H3. The molecule has 90 valence electrons. The molecule has 2 aromatic rings. The van der Waals surface area contributed by atoms with Crippen molar-refractivity contribution < 1.29 is 4.74 Å². The van der Waals surface area contributed by atoms with Gasteiger partial charge in [-0.1, -0.05) is 18.2 Å². The summed E-state index contributed by atoms with van der Waals surface area (Å²) in [7, 11) is 1.70. The van der Waals surface area contributed by atoms with Crippen LogP contribution in [0.5, 0.6) is 0 Å². The highest BCUT2D eigenvalue weighted by Gasteiger charge is 2.22. The second kappa shape index (κ2) is 4.82. The van der Waals surface area contributed by atoms with Gasteiger partial charge in [-0.3, -0.25) is 4.98 Å². The molecular formula is C14H18N2O. The Morgan fingerprint density at radius 2 is 2.18 bits per heavy atom. The van der Waals surface area contributed by atoms with Gasteiger partial charge in [0.15, 0.2) is 0 Å². The fourth-order valence-electron chi connectivity index (χ4n) is 2.06. The van der Waals surface area contributed by atoms with Gasteiger partial charge in [-0.25, -0.2) is 0 Å². The van der Waals surface area contributed by atoms with Gasteiger partial charge in [-0.15, -0.1) is 0 Å². The van der Waals surface area contributed by atoms with E-state index in [0.29, 0.717) is 6.61 Å². The molecule has 1 aromatic carbocycles. The SMILES string of the molecule is COCCC(C)(N)c1cccc2ccncc12. The number of methoxy groups -OCH3 is 1. The molecule has 0 aliphatic carbocycles. The summed E-state index contributed by atoms with van der Waals surface area (Å²) >= 11 is 0. The molecule has 0 saturated heterocycles. The molecule has 2 N–H and O–H groups in total. The van der Waals surface area contributed by atoms with Crippen LogP contribution in [0.15, 0.2) is 36.7 Å². The number of pyridine rings is 1. The first-order valence-electron chi connectivity index (χ1n) is 5.76. The Morgan fingerprint density at radius 1 is 1.35 bits per heavy atom. The summed E-state index contributed by atoms with van der Waals surface area (Å²) in [6.45, 7) is 2.69. The Labute approximate surface area is 102 Å². The Hall–Kier alpha value is -1.45.